The van der Waals surface area contributed by atoms with Crippen LogP contribution in [0.4, 0.5) is 0 Å². The third-order valence-electron chi connectivity index (χ3n) is 1.08. The van der Waals surface area contributed by atoms with E-state index in [0.29, 0.717) is 0 Å². The standard InChI is InChI=1S/C6H12I2O/c1-2-3-4-5-6(7,8)9/h9H,2-5H2,1H3. The monoisotopic (exact) mass is 354 g/mol. The Morgan fingerprint density at radius 2 is 1.89 bits per heavy atom. The molecule has 0 aromatic rings. The van der Waals surface area contributed by atoms with E-state index in [2.05, 4.69) is 52.1 Å². The van der Waals surface area contributed by atoms with Gasteiger partial charge in [0.15, 0.2) is 1.61 Å². The highest BCUT2D eigenvalue weighted by Crippen LogP contribution is 2.29. The number of hydrogen-bond acceptors (Lipinski definition) is 1. The van der Waals surface area contributed by atoms with E-state index in [1.165, 1.54) is 12.8 Å². The molecule has 0 saturated heterocycles. The lowest BCUT2D eigenvalue weighted by atomic mass is 10.2. The zero-order chi connectivity index (χ0) is 7.33. The Labute approximate surface area is 83.9 Å². The highest BCUT2D eigenvalue weighted by molar-refractivity contribution is 14.2. The van der Waals surface area contributed by atoms with Crippen molar-refractivity contribution in [2.45, 2.75) is 34.2 Å². The minimum Gasteiger partial charge on any atom is -0.371 e. The topological polar surface area (TPSA) is 20.2 Å². The van der Waals surface area contributed by atoms with Gasteiger partial charge in [-0.25, -0.2) is 0 Å². The first-order valence-electron chi connectivity index (χ1n) is 3.16. The average molecular weight is 354 g/mol. The van der Waals surface area contributed by atoms with Crippen molar-refractivity contribution in [2.24, 2.45) is 0 Å². The molecule has 1 N–H and O–H groups in total. The molecule has 0 radical (unpaired) electrons. The smallest absolute Gasteiger partial charge is 0.166 e. The van der Waals surface area contributed by atoms with Crippen molar-refractivity contribution >= 4 is 45.2 Å². The molecule has 0 unspecified atom stereocenters. The van der Waals surface area contributed by atoms with Crippen molar-refractivity contribution in [3.63, 3.8) is 0 Å². The van der Waals surface area contributed by atoms with Gasteiger partial charge in [-0.05, 0) is 58.0 Å². The maximum absolute atomic E-state index is 9.22. The summed E-state index contributed by atoms with van der Waals surface area (Å²) in [4.78, 5) is 0. The summed E-state index contributed by atoms with van der Waals surface area (Å²) in [6.45, 7) is 2.17. The van der Waals surface area contributed by atoms with E-state index in [0.717, 1.165) is 12.8 Å². The van der Waals surface area contributed by atoms with Crippen LogP contribution < -0.4 is 0 Å². The van der Waals surface area contributed by atoms with Crippen LogP contribution in [0.25, 0.3) is 0 Å². The van der Waals surface area contributed by atoms with Crippen molar-refractivity contribution < 1.29 is 5.11 Å². The Balaban J connectivity index is 3.07. The fourth-order valence-corrected chi connectivity index (χ4v) is 1.35. The summed E-state index contributed by atoms with van der Waals surface area (Å²) < 4.78 is -0.509. The SMILES string of the molecule is CCCCCC(O)(I)I. The average Bonchev–Trinajstić information content (AvgIpc) is 1.63. The first-order valence-corrected chi connectivity index (χ1v) is 5.32. The molecule has 0 aliphatic carbocycles. The molecule has 0 spiro atoms. The van der Waals surface area contributed by atoms with Gasteiger partial charge in [0, 0.05) is 0 Å². The van der Waals surface area contributed by atoms with Crippen molar-refractivity contribution in [1.82, 2.24) is 0 Å². The van der Waals surface area contributed by atoms with Crippen molar-refractivity contribution in [3.05, 3.63) is 0 Å². The Kier molecular flexibility index (Phi) is 5.93. The van der Waals surface area contributed by atoms with Crippen molar-refractivity contribution in [2.75, 3.05) is 0 Å². The van der Waals surface area contributed by atoms with Gasteiger partial charge in [-0.15, -0.1) is 0 Å². The molecule has 0 amide bonds. The lowest BCUT2D eigenvalue weighted by molar-refractivity contribution is 0.248. The summed E-state index contributed by atoms with van der Waals surface area (Å²) in [5.41, 5.74) is 0. The highest BCUT2D eigenvalue weighted by atomic mass is 127. The predicted molar refractivity (Wildman–Crippen MR) is 57.1 cm³/mol. The molecule has 0 atom stereocenters. The number of halogens is 2. The Hall–Kier alpha value is 1.42. The van der Waals surface area contributed by atoms with Crippen molar-refractivity contribution in [3.8, 4) is 0 Å². The lowest BCUT2D eigenvalue weighted by Crippen LogP contribution is -2.07. The van der Waals surface area contributed by atoms with E-state index in [4.69, 9.17) is 0 Å². The summed E-state index contributed by atoms with van der Waals surface area (Å²) in [6, 6.07) is 0. The quantitative estimate of drug-likeness (QED) is 0.468. The van der Waals surface area contributed by atoms with E-state index in [9.17, 15) is 5.11 Å². The van der Waals surface area contributed by atoms with Crippen LogP contribution in [0.5, 0.6) is 0 Å². The number of alkyl halides is 2. The molecule has 0 aliphatic heterocycles. The van der Waals surface area contributed by atoms with Crippen LogP contribution in [0, 0.1) is 0 Å². The molecule has 0 rings (SSSR count). The number of unbranched alkanes of at least 4 members (excludes halogenated alkanes) is 2. The third kappa shape index (κ3) is 9.42. The molecule has 9 heavy (non-hydrogen) atoms. The minimum atomic E-state index is -0.509. The molecule has 0 aliphatic rings. The van der Waals surface area contributed by atoms with Crippen LogP contribution in [-0.4, -0.2) is 6.72 Å². The highest BCUT2D eigenvalue weighted by Gasteiger charge is 2.15. The molecule has 0 aromatic heterocycles. The number of hydrogen-bond donors (Lipinski definition) is 1. The molecule has 56 valence electrons. The Morgan fingerprint density at radius 3 is 2.22 bits per heavy atom. The summed E-state index contributed by atoms with van der Waals surface area (Å²) in [6.07, 6.45) is 4.50. The van der Waals surface area contributed by atoms with Crippen LogP contribution in [0.3, 0.4) is 0 Å². The molecular formula is C6H12I2O. The molecule has 0 bridgehead atoms. The van der Waals surface area contributed by atoms with Crippen LogP contribution in [-0.2, 0) is 0 Å². The number of rotatable bonds is 4. The Morgan fingerprint density at radius 1 is 1.33 bits per heavy atom. The fourth-order valence-electron chi connectivity index (χ4n) is 0.588. The van der Waals surface area contributed by atoms with Gasteiger partial charge in [-0.1, -0.05) is 19.8 Å². The fraction of sp³-hybridized carbons (Fsp3) is 1.00. The van der Waals surface area contributed by atoms with E-state index < -0.39 is 1.61 Å². The zero-order valence-electron chi connectivity index (χ0n) is 5.53. The van der Waals surface area contributed by atoms with Gasteiger partial charge < -0.3 is 5.11 Å². The molecule has 0 aromatic carbocycles. The second-order valence-electron chi connectivity index (χ2n) is 2.12. The molecular weight excluding hydrogens is 342 g/mol. The molecule has 3 heteroatoms. The largest absolute Gasteiger partial charge is 0.371 e. The van der Waals surface area contributed by atoms with E-state index in [1.54, 1.807) is 0 Å². The zero-order valence-corrected chi connectivity index (χ0v) is 9.85. The van der Waals surface area contributed by atoms with E-state index in [1.807, 2.05) is 0 Å². The van der Waals surface area contributed by atoms with Crippen LogP contribution in [0.2, 0.25) is 0 Å². The van der Waals surface area contributed by atoms with Crippen LogP contribution in [0.15, 0.2) is 0 Å². The first-order chi connectivity index (χ1) is 4.06. The van der Waals surface area contributed by atoms with Gasteiger partial charge in [0.25, 0.3) is 0 Å². The maximum atomic E-state index is 9.22. The van der Waals surface area contributed by atoms with E-state index >= 15 is 0 Å². The molecule has 0 heterocycles. The second kappa shape index (κ2) is 5.12. The molecule has 1 nitrogen and oxygen atoms in total. The summed E-state index contributed by atoms with van der Waals surface area (Å²) in [7, 11) is 0. The van der Waals surface area contributed by atoms with Gasteiger partial charge in [0.2, 0.25) is 0 Å². The maximum Gasteiger partial charge on any atom is 0.166 e. The van der Waals surface area contributed by atoms with E-state index in [-0.39, 0.29) is 0 Å². The number of aliphatic hydroxyl groups is 1. The van der Waals surface area contributed by atoms with Gasteiger partial charge in [-0.2, -0.15) is 0 Å². The van der Waals surface area contributed by atoms with Gasteiger partial charge >= 0.3 is 0 Å². The molecule has 0 fully saturated rings. The van der Waals surface area contributed by atoms with Crippen LogP contribution >= 0.6 is 45.2 Å². The van der Waals surface area contributed by atoms with Gasteiger partial charge in [0.1, 0.15) is 0 Å². The summed E-state index contributed by atoms with van der Waals surface area (Å²) in [5.74, 6) is 0. The van der Waals surface area contributed by atoms with Crippen molar-refractivity contribution in [1.29, 1.82) is 0 Å². The minimum absolute atomic E-state index is 0.509. The first kappa shape index (κ1) is 10.4. The summed E-state index contributed by atoms with van der Waals surface area (Å²) in [5, 5.41) is 9.22. The Bertz CT molecular complexity index is 67.9. The third-order valence-corrected chi connectivity index (χ3v) is 2.16. The second-order valence-corrected chi connectivity index (χ2v) is 7.76. The van der Waals surface area contributed by atoms with Crippen LogP contribution in [0.1, 0.15) is 32.6 Å². The predicted octanol–water partition coefficient (Wildman–Crippen LogP) is 3.08. The molecule has 0 saturated carbocycles. The summed E-state index contributed by atoms with van der Waals surface area (Å²) >= 11 is 4.12. The lowest BCUT2D eigenvalue weighted by Gasteiger charge is -2.11. The van der Waals surface area contributed by atoms with Gasteiger partial charge in [-0.3, -0.25) is 0 Å². The van der Waals surface area contributed by atoms with Gasteiger partial charge in [0.05, 0.1) is 0 Å². The normalized spacial score (nSPS) is 12.0.